The summed E-state index contributed by atoms with van der Waals surface area (Å²) in [6.07, 6.45) is 1.00. The van der Waals surface area contributed by atoms with Crippen LogP contribution in [-0.4, -0.2) is 25.9 Å². The maximum absolute atomic E-state index is 10.3. The quantitative estimate of drug-likeness (QED) is 0.520. The molecular formula is C5H11NO4S. The number of aliphatic carboxylic acids is 1. The van der Waals surface area contributed by atoms with Crippen molar-refractivity contribution in [1.29, 1.82) is 0 Å². The maximum Gasteiger partial charge on any atom is 0.321 e. The number of hydrogen-bond acceptors (Lipinski definition) is 2. The van der Waals surface area contributed by atoms with Crippen LogP contribution in [0.25, 0.3) is 0 Å². The van der Waals surface area contributed by atoms with E-state index in [-0.39, 0.29) is 0 Å². The Kier molecular flexibility index (Phi) is 5.01. The molecule has 0 aromatic rings. The van der Waals surface area contributed by atoms with Gasteiger partial charge in [0.05, 0.1) is 0 Å². The third kappa shape index (κ3) is 4.88. The molecule has 0 aromatic carbocycles. The van der Waals surface area contributed by atoms with E-state index in [1.54, 1.807) is 6.92 Å². The molecule has 0 aliphatic carbocycles. The van der Waals surface area contributed by atoms with E-state index in [9.17, 15) is 9.00 Å². The highest BCUT2D eigenvalue weighted by atomic mass is 32.2. The number of hydrogen-bond donors (Lipinski definition) is 3. The van der Waals surface area contributed by atoms with Crippen LogP contribution in [0.15, 0.2) is 0 Å². The zero-order chi connectivity index (χ0) is 8.85. The Morgan fingerprint density at radius 3 is 2.55 bits per heavy atom. The third-order valence-corrected chi connectivity index (χ3v) is 1.60. The average Bonchev–Trinajstić information content (AvgIpc) is 1.86. The first-order valence-corrected chi connectivity index (χ1v) is 4.28. The minimum atomic E-state index is -2.25. The molecule has 0 aromatic heterocycles. The Hall–Kier alpha value is -0.460. The topological polar surface area (TPSA) is 86.6 Å². The summed E-state index contributed by atoms with van der Waals surface area (Å²) in [7, 11) is 0. The fourth-order valence-electron chi connectivity index (χ4n) is 0.643. The van der Waals surface area contributed by atoms with Gasteiger partial charge in [-0.25, -0.2) is 8.93 Å². The first kappa shape index (κ1) is 10.5. The van der Waals surface area contributed by atoms with Crippen LogP contribution < -0.4 is 4.72 Å². The molecule has 5 nitrogen and oxygen atoms in total. The first-order valence-electron chi connectivity index (χ1n) is 3.17. The number of carbonyl (C=O) groups is 1. The number of carboxylic acid groups (broad SMARTS) is 1. The highest BCUT2D eigenvalue weighted by Gasteiger charge is 2.17. The second-order valence-corrected chi connectivity index (χ2v) is 2.78. The van der Waals surface area contributed by atoms with Crippen molar-refractivity contribution < 1.29 is 18.7 Å². The lowest BCUT2D eigenvalue weighted by molar-refractivity contribution is -0.139. The summed E-state index contributed by atoms with van der Waals surface area (Å²) < 4.78 is 20.4. The van der Waals surface area contributed by atoms with Gasteiger partial charge in [-0.2, -0.15) is 0 Å². The molecule has 0 heterocycles. The summed E-state index contributed by atoms with van der Waals surface area (Å²) in [5, 5.41) is 8.45. The van der Waals surface area contributed by atoms with E-state index in [0.717, 1.165) is 0 Å². The van der Waals surface area contributed by atoms with Crippen molar-refractivity contribution in [2.75, 3.05) is 0 Å². The maximum atomic E-state index is 10.3. The third-order valence-electron chi connectivity index (χ3n) is 1.12. The summed E-state index contributed by atoms with van der Waals surface area (Å²) >= 11 is -2.25. The molecule has 1 unspecified atom stereocenters. The molecule has 0 aliphatic rings. The smallest absolute Gasteiger partial charge is 0.321 e. The van der Waals surface area contributed by atoms with Crippen LogP contribution in [0, 0.1) is 0 Å². The van der Waals surface area contributed by atoms with Crippen LogP contribution in [0.2, 0.25) is 0 Å². The lowest BCUT2D eigenvalue weighted by Gasteiger charge is -2.08. The van der Waals surface area contributed by atoms with E-state index in [4.69, 9.17) is 9.66 Å². The highest BCUT2D eigenvalue weighted by Crippen LogP contribution is 1.96. The number of rotatable bonds is 5. The second-order valence-electron chi connectivity index (χ2n) is 2.05. The normalized spacial score (nSPS) is 15.8. The zero-order valence-electron chi connectivity index (χ0n) is 6.11. The second kappa shape index (κ2) is 5.22. The van der Waals surface area contributed by atoms with Gasteiger partial charge in [-0.3, -0.25) is 9.35 Å². The van der Waals surface area contributed by atoms with Crippen LogP contribution in [-0.2, 0) is 16.1 Å². The molecule has 6 heteroatoms. The standard InChI is InChI=1S/C5H11NO4S/c1-2-3-4(5(7)8)6-11(9)10/h4,6H,2-3H2,1H3,(H,7,8)(H,9,10)/t4-/m0/s1. The van der Waals surface area contributed by atoms with Gasteiger partial charge in [-0.1, -0.05) is 13.3 Å². The summed E-state index contributed by atoms with van der Waals surface area (Å²) in [6.45, 7) is 1.80. The molecular weight excluding hydrogens is 170 g/mol. The van der Waals surface area contributed by atoms with Gasteiger partial charge in [0.25, 0.3) is 0 Å². The summed E-state index contributed by atoms with van der Waals surface area (Å²) in [5.41, 5.74) is 0. The van der Waals surface area contributed by atoms with Crippen molar-refractivity contribution >= 4 is 17.2 Å². The predicted molar refractivity (Wildman–Crippen MR) is 40.2 cm³/mol. The molecule has 66 valence electrons. The summed E-state index contributed by atoms with van der Waals surface area (Å²) in [4.78, 5) is 10.3. The van der Waals surface area contributed by atoms with E-state index >= 15 is 0 Å². The van der Waals surface area contributed by atoms with Gasteiger partial charge < -0.3 is 5.11 Å². The van der Waals surface area contributed by atoms with Gasteiger partial charge in [-0.05, 0) is 6.42 Å². The largest absolute Gasteiger partial charge is 0.480 e. The van der Waals surface area contributed by atoms with E-state index < -0.39 is 23.3 Å². The van der Waals surface area contributed by atoms with E-state index in [1.165, 1.54) is 0 Å². The van der Waals surface area contributed by atoms with Crippen LogP contribution in [0.4, 0.5) is 0 Å². The van der Waals surface area contributed by atoms with Gasteiger partial charge in [0.2, 0.25) is 11.3 Å². The molecule has 0 amide bonds. The van der Waals surface area contributed by atoms with Crippen molar-refractivity contribution in [3.05, 3.63) is 0 Å². The van der Waals surface area contributed by atoms with E-state index in [1.807, 2.05) is 4.72 Å². The molecule has 11 heavy (non-hydrogen) atoms. The van der Waals surface area contributed by atoms with Crippen LogP contribution in [0.3, 0.4) is 0 Å². The molecule has 0 bridgehead atoms. The number of carboxylic acids is 1. The van der Waals surface area contributed by atoms with Crippen molar-refractivity contribution in [3.63, 3.8) is 0 Å². The SMILES string of the molecule is CCC[C@H](NS(=O)O)C(=O)O. The molecule has 0 radical (unpaired) electrons. The lowest BCUT2D eigenvalue weighted by atomic mass is 10.2. The van der Waals surface area contributed by atoms with Gasteiger partial charge in [0, 0.05) is 0 Å². The van der Waals surface area contributed by atoms with Gasteiger partial charge in [0.1, 0.15) is 6.04 Å². The Bertz CT molecular complexity index is 161. The van der Waals surface area contributed by atoms with Gasteiger partial charge in [-0.15, -0.1) is 0 Å². The van der Waals surface area contributed by atoms with Crippen molar-refractivity contribution in [2.24, 2.45) is 0 Å². The number of nitrogens with one attached hydrogen (secondary N) is 1. The van der Waals surface area contributed by atoms with E-state index in [0.29, 0.717) is 12.8 Å². The molecule has 0 spiro atoms. The minimum absolute atomic E-state index is 0.349. The van der Waals surface area contributed by atoms with Crippen LogP contribution in [0.5, 0.6) is 0 Å². The predicted octanol–water partition coefficient (Wildman–Crippen LogP) is -0.0340. The molecule has 0 saturated heterocycles. The molecule has 0 fully saturated rings. The zero-order valence-corrected chi connectivity index (χ0v) is 6.93. The summed E-state index contributed by atoms with van der Waals surface area (Å²) in [6, 6.07) is -0.925. The lowest BCUT2D eigenvalue weighted by Crippen LogP contribution is -2.37. The van der Waals surface area contributed by atoms with Gasteiger partial charge >= 0.3 is 5.97 Å². The molecule has 3 N–H and O–H groups in total. The Morgan fingerprint density at radius 2 is 2.27 bits per heavy atom. The van der Waals surface area contributed by atoms with Gasteiger partial charge in [0.15, 0.2) is 0 Å². The molecule has 0 rings (SSSR count). The highest BCUT2D eigenvalue weighted by molar-refractivity contribution is 7.77. The fourth-order valence-corrected chi connectivity index (χ4v) is 1.11. The fraction of sp³-hybridized carbons (Fsp3) is 0.800. The Labute approximate surface area is 67.2 Å². The average molecular weight is 181 g/mol. The van der Waals surface area contributed by atoms with Crippen molar-refractivity contribution in [1.82, 2.24) is 4.72 Å². The molecule has 0 saturated carbocycles. The van der Waals surface area contributed by atoms with Crippen LogP contribution >= 0.6 is 0 Å². The van der Waals surface area contributed by atoms with Crippen LogP contribution in [0.1, 0.15) is 19.8 Å². The Morgan fingerprint density at radius 1 is 1.73 bits per heavy atom. The molecule has 2 atom stereocenters. The first-order chi connectivity index (χ1) is 5.07. The Balaban J connectivity index is 3.89. The minimum Gasteiger partial charge on any atom is -0.480 e. The molecule has 0 aliphatic heterocycles. The monoisotopic (exact) mass is 181 g/mol. The van der Waals surface area contributed by atoms with Crippen molar-refractivity contribution in [3.8, 4) is 0 Å². The van der Waals surface area contributed by atoms with E-state index in [2.05, 4.69) is 0 Å². The van der Waals surface area contributed by atoms with Crippen molar-refractivity contribution in [2.45, 2.75) is 25.8 Å². The summed E-state index contributed by atoms with van der Waals surface area (Å²) in [5.74, 6) is -1.10.